The number of hydrogen-bond donors (Lipinski definition) is 1. The van der Waals surface area contributed by atoms with Crippen molar-refractivity contribution < 1.29 is 18.0 Å². The Morgan fingerprint density at radius 3 is 2.60 bits per heavy atom. The number of carbonyl (C=O) groups is 1. The summed E-state index contributed by atoms with van der Waals surface area (Å²) in [6.07, 6.45) is 0.664. The van der Waals surface area contributed by atoms with E-state index in [2.05, 4.69) is 33.0 Å². The second-order valence-electron chi connectivity index (χ2n) is 5.81. The minimum Gasteiger partial charge on any atom is -0.324 e. The normalized spacial score (nSPS) is 16.0. The summed E-state index contributed by atoms with van der Waals surface area (Å²) in [5.74, 6) is -0.406. The van der Waals surface area contributed by atoms with Crippen LogP contribution in [-0.4, -0.2) is 15.7 Å². The van der Waals surface area contributed by atoms with Gasteiger partial charge in [-0.05, 0) is 60.1 Å². The molecule has 2 aromatic rings. The third-order valence-corrected chi connectivity index (χ3v) is 4.85. The first kappa shape index (κ1) is 17.7. The van der Waals surface area contributed by atoms with E-state index < -0.39 is 28.7 Å². The summed E-state index contributed by atoms with van der Waals surface area (Å²) in [5, 5.41) is 15.6. The topological polar surface area (TPSA) is 70.7 Å². The van der Waals surface area contributed by atoms with E-state index in [4.69, 9.17) is 5.26 Å². The van der Waals surface area contributed by atoms with Crippen molar-refractivity contribution in [2.24, 2.45) is 0 Å². The van der Waals surface area contributed by atoms with Crippen LogP contribution < -0.4 is 5.32 Å². The highest BCUT2D eigenvalue weighted by Gasteiger charge is 2.47. The van der Waals surface area contributed by atoms with Gasteiger partial charge in [-0.15, -0.1) is 0 Å². The number of anilines is 1. The monoisotopic (exact) mass is 460 g/mol. The first-order valence-corrected chi connectivity index (χ1v) is 8.47. The Labute approximate surface area is 155 Å². The first-order chi connectivity index (χ1) is 11.8. The van der Waals surface area contributed by atoms with Crippen molar-refractivity contribution in [3.8, 4) is 6.07 Å². The van der Waals surface area contributed by atoms with Crippen LogP contribution in [0.4, 0.5) is 18.9 Å². The molecule has 130 valence electrons. The predicted octanol–water partition coefficient (Wildman–Crippen LogP) is 3.90. The highest BCUT2D eigenvalue weighted by Crippen LogP contribution is 2.40. The third-order valence-electron chi connectivity index (χ3n) is 4.30. The Bertz CT molecular complexity index is 865. The van der Waals surface area contributed by atoms with Crippen molar-refractivity contribution in [1.29, 1.82) is 5.26 Å². The van der Waals surface area contributed by atoms with Gasteiger partial charge in [-0.2, -0.15) is 23.5 Å². The van der Waals surface area contributed by atoms with E-state index in [0.717, 1.165) is 22.1 Å². The van der Waals surface area contributed by atoms with Gasteiger partial charge in [0.1, 0.15) is 5.54 Å². The van der Waals surface area contributed by atoms with Crippen LogP contribution in [0, 0.1) is 14.9 Å². The number of nitrogens with one attached hydrogen (secondary N) is 1. The number of aromatic nitrogens is 2. The molecule has 0 aliphatic heterocycles. The fourth-order valence-corrected chi connectivity index (χ4v) is 3.20. The highest BCUT2D eigenvalue weighted by molar-refractivity contribution is 14.1. The quantitative estimate of drug-likeness (QED) is 0.707. The molecule has 1 fully saturated rings. The lowest BCUT2D eigenvalue weighted by atomic mass is 9.76. The summed E-state index contributed by atoms with van der Waals surface area (Å²) in [4.78, 5) is 12.7. The van der Waals surface area contributed by atoms with Gasteiger partial charge in [-0.1, -0.05) is 0 Å². The van der Waals surface area contributed by atoms with Crippen molar-refractivity contribution in [1.82, 2.24) is 9.78 Å². The molecule has 25 heavy (non-hydrogen) atoms. The number of benzene rings is 1. The third kappa shape index (κ3) is 3.22. The molecule has 5 nitrogen and oxygen atoms in total. The molecule has 0 unspecified atom stereocenters. The summed E-state index contributed by atoms with van der Waals surface area (Å²) in [7, 11) is 0. The molecule has 9 heteroatoms. The Morgan fingerprint density at radius 2 is 2.12 bits per heavy atom. The Kier molecular flexibility index (Phi) is 4.49. The molecule has 1 aliphatic carbocycles. The van der Waals surface area contributed by atoms with Gasteiger partial charge in [-0.25, -0.2) is 0 Å². The van der Waals surface area contributed by atoms with Gasteiger partial charge in [0, 0.05) is 11.9 Å². The molecule has 1 aliphatic rings. The number of alkyl halides is 3. The summed E-state index contributed by atoms with van der Waals surface area (Å²) in [6.45, 7) is 0. The van der Waals surface area contributed by atoms with Crippen molar-refractivity contribution in [3.63, 3.8) is 0 Å². The zero-order valence-corrected chi connectivity index (χ0v) is 14.9. The molecule has 1 aromatic carbocycles. The minimum absolute atomic E-state index is 0.00412. The number of carbonyl (C=O) groups excluding carboxylic acids is 1. The molecule has 1 saturated carbocycles. The molecule has 0 saturated heterocycles. The molecule has 0 radical (unpaired) electrons. The number of nitrogens with zero attached hydrogens (tertiary/aromatic N) is 3. The van der Waals surface area contributed by atoms with Crippen LogP contribution in [0.1, 0.15) is 30.4 Å². The van der Waals surface area contributed by atoms with E-state index in [9.17, 15) is 18.0 Å². The zero-order chi connectivity index (χ0) is 18.2. The van der Waals surface area contributed by atoms with Gasteiger partial charge in [-0.3, -0.25) is 9.48 Å². The number of hydrogen-bond acceptors (Lipinski definition) is 3. The molecular formula is C16H12F3IN4O. The highest BCUT2D eigenvalue weighted by atomic mass is 127. The van der Waals surface area contributed by atoms with Crippen molar-refractivity contribution >= 4 is 34.2 Å². The molecule has 1 amide bonds. The van der Waals surface area contributed by atoms with Crippen molar-refractivity contribution in [2.75, 3.05) is 5.32 Å². The predicted molar refractivity (Wildman–Crippen MR) is 91.6 cm³/mol. The van der Waals surface area contributed by atoms with E-state index in [1.54, 1.807) is 17.1 Å². The minimum atomic E-state index is -4.67. The largest absolute Gasteiger partial charge is 0.417 e. The number of amides is 1. The Balaban J connectivity index is 1.89. The van der Waals surface area contributed by atoms with E-state index in [0.29, 0.717) is 12.8 Å². The van der Waals surface area contributed by atoms with Gasteiger partial charge >= 0.3 is 6.18 Å². The van der Waals surface area contributed by atoms with Gasteiger partial charge < -0.3 is 5.32 Å². The second-order valence-corrected chi connectivity index (χ2v) is 7.06. The lowest BCUT2D eigenvalue weighted by molar-refractivity contribution is -0.137. The maximum absolute atomic E-state index is 13.1. The molecule has 1 aromatic heterocycles. The molecule has 1 N–H and O–H groups in total. The Morgan fingerprint density at radius 1 is 1.40 bits per heavy atom. The van der Waals surface area contributed by atoms with Gasteiger partial charge in [0.25, 0.3) is 5.91 Å². The van der Waals surface area contributed by atoms with E-state index >= 15 is 0 Å². The van der Waals surface area contributed by atoms with Crippen LogP contribution in [0.25, 0.3) is 0 Å². The van der Waals surface area contributed by atoms with E-state index in [-0.39, 0.29) is 5.69 Å². The lowest BCUT2D eigenvalue weighted by Gasteiger charge is -2.40. The number of nitriles is 1. The number of rotatable bonds is 3. The summed E-state index contributed by atoms with van der Waals surface area (Å²) < 4.78 is 41.6. The van der Waals surface area contributed by atoms with Gasteiger partial charge in [0.15, 0.2) is 0 Å². The first-order valence-electron chi connectivity index (χ1n) is 7.40. The summed E-state index contributed by atoms with van der Waals surface area (Å²) in [5.41, 5.74) is -2.42. The smallest absolute Gasteiger partial charge is 0.324 e. The maximum Gasteiger partial charge on any atom is 0.417 e. The van der Waals surface area contributed by atoms with E-state index in [1.807, 2.05) is 0 Å². The Hall–Kier alpha value is -2.09. The lowest BCUT2D eigenvalue weighted by Crippen LogP contribution is -2.51. The SMILES string of the molecule is N#Cc1ccc(NC(=O)C2(n3cc(I)cn3)CCC2)cc1C(F)(F)F. The molecule has 0 spiro atoms. The van der Waals surface area contributed by atoms with E-state index in [1.165, 1.54) is 12.1 Å². The zero-order valence-electron chi connectivity index (χ0n) is 12.8. The molecule has 3 rings (SSSR count). The van der Waals surface area contributed by atoms with Gasteiger partial charge in [0.05, 0.1) is 27.0 Å². The van der Waals surface area contributed by atoms with Gasteiger partial charge in [0.2, 0.25) is 0 Å². The molecule has 1 heterocycles. The van der Waals surface area contributed by atoms with Crippen LogP contribution in [-0.2, 0) is 16.5 Å². The van der Waals surface area contributed by atoms with Crippen LogP contribution in [0.3, 0.4) is 0 Å². The maximum atomic E-state index is 13.1. The second kappa shape index (κ2) is 6.33. The van der Waals surface area contributed by atoms with Crippen LogP contribution in [0.5, 0.6) is 0 Å². The fourth-order valence-electron chi connectivity index (χ4n) is 2.81. The van der Waals surface area contributed by atoms with Crippen LogP contribution in [0.15, 0.2) is 30.6 Å². The van der Waals surface area contributed by atoms with Crippen LogP contribution >= 0.6 is 22.6 Å². The van der Waals surface area contributed by atoms with Crippen molar-refractivity contribution in [2.45, 2.75) is 31.0 Å². The molecule has 0 atom stereocenters. The summed E-state index contributed by atoms with van der Waals surface area (Å²) >= 11 is 2.08. The average molecular weight is 460 g/mol. The average Bonchev–Trinajstić information content (AvgIpc) is 2.92. The fraction of sp³-hybridized carbons (Fsp3) is 0.312. The standard InChI is InChI=1S/C16H12F3IN4O/c17-16(18,19)13-6-12(3-2-10(13)7-21)23-14(25)15(4-1-5-15)24-9-11(20)8-22-24/h2-3,6,8-9H,1,4-5H2,(H,23,25). The summed E-state index contributed by atoms with van der Waals surface area (Å²) in [6, 6.07) is 4.66. The number of halogens is 4. The molecular weight excluding hydrogens is 448 g/mol. The van der Waals surface area contributed by atoms with Crippen LogP contribution in [0.2, 0.25) is 0 Å². The molecule has 0 bridgehead atoms. The van der Waals surface area contributed by atoms with Crippen molar-refractivity contribution in [3.05, 3.63) is 45.3 Å².